The molecule has 0 saturated carbocycles. The van der Waals surface area contributed by atoms with Crippen LogP contribution in [0, 0.1) is 0 Å². The summed E-state index contributed by atoms with van der Waals surface area (Å²) in [6, 6.07) is 19.0. The maximum atomic E-state index is 5.59. The molecule has 112 valence electrons. The molecule has 0 aliphatic heterocycles. The molecule has 0 aromatic heterocycles. The van der Waals surface area contributed by atoms with Crippen molar-refractivity contribution in [3.8, 4) is 0 Å². The Morgan fingerprint density at radius 2 is 1.71 bits per heavy atom. The fourth-order valence-electron chi connectivity index (χ4n) is 2.15. The van der Waals surface area contributed by atoms with Gasteiger partial charge in [-0.1, -0.05) is 66.8 Å². The molecule has 0 amide bonds. The van der Waals surface area contributed by atoms with E-state index in [4.69, 9.17) is 12.2 Å². The standard InChI is InChI=1S/C18H21NS2.H2/c1-18(2,16-11-9-14(10-12-16)13-19-3)21-17(20)15-7-5-4-6-8-15;/h4-12,19H,13H2,1-3H3;1H. The lowest BCUT2D eigenvalue weighted by Gasteiger charge is -2.25. The van der Waals surface area contributed by atoms with Crippen LogP contribution in [0.2, 0.25) is 0 Å². The summed E-state index contributed by atoms with van der Waals surface area (Å²) in [6.07, 6.45) is 0. The van der Waals surface area contributed by atoms with Crippen LogP contribution in [0.15, 0.2) is 54.6 Å². The summed E-state index contributed by atoms with van der Waals surface area (Å²) in [5.74, 6) is 0. The summed E-state index contributed by atoms with van der Waals surface area (Å²) in [6.45, 7) is 5.34. The van der Waals surface area contributed by atoms with Crippen LogP contribution in [-0.4, -0.2) is 11.2 Å². The van der Waals surface area contributed by atoms with Crippen LogP contribution in [0.3, 0.4) is 0 Å². The lowest BCUT2D eigenvalue weighted by molar-refractivity contribution is 0.781. The second-order valence-electron chi connectivity index (χ2n) is 5.49. The van der Waals surface area contributed by atoms with E-state index in [1.807, 2.05) is 25.2 Å². The van der Waals surface area contributed by atoms with Crippen molar-refractivity contribution in [1.29, 1.82) is 0 Å². The quantitative estimate of drug-likeness (QED) is 0.780. The van der Waals surface area contributed by atoms with E-state index in [-0.39, 0.29) is 6.17 Å². The van der Waals surface area contributed by atoms with Gasteiger partial charge >= 0.3 is 0 Å². The second-order valence-corrected chi connectivity index (χ2v) is 7.79. The Morgan fingerprint density at radius 1 is 1.10 bits per heavy atom. The smallest absolute Gasteiger partial charge is 0.0786 e. The molecule has 0 fully saturated rings. The Balaban J connectivity index is 0.00000242. The zero-order valence-electron chi connectivity index (χ0n) is 12.7. The van der Waals surface area contributed by atoms with Crippen LogP contribution >= 0.6 is 24.0 Å². The van der Waals surface area contributed by atoms with Gasteiger partial charge in [-0.2, -0.15) is 0 Å². The van der Waals surface area contributed by atoms with Gasteiger partial charge in [0.25, 0.3) is 0 Å². The number of benzene rings is 2. The van der Waals surface area contributed by atoms with Crippen molar-refractivity contribution in [3.05, 3.63) is 71.3 Å². The highest BCUT2D eigenvalue weighted by atomic mass is 32.2. The molecule has 0 heterocycles. The van der Waals surface area contributed by atoms with Crippen molar-refractivity contribution >= 4 is 28.2 Å². The molecule has 0 unspecified atom stereocenters. The average Bonchev–Trinajstić information content (AvgIpc) is 2.48. The SMILES string of the molecule is CNCc1ccc(C(C)(C)SC(=S)c2ccccc2)cc1.[HH]. The predicted molar refractivity (Wildman–Crippen MR) is 100 cm³/mol. The van der Waals surface area contributed by atoms with Gasteiger partial charge in [0.15, 0.2) is 0 Å². The Hall–Kier alpha value is -1.16. The highest BCUT2D eigenvalue weighted by molar-refractivity contribution is 8.24. The maximum absolute atomic E-state index is 5.59. The fraction of sp³-hybridized carbons (Fsp3) is 0.278. The van der Waals surface area contributed by atoms with Gasteiger partial charge < -0.3 is 5.32 Å². The highest BCUT2D eigenvalue weighted by Crippen LogP contribution is 2.38. The molecule has 0 aliphatic rings. The van der Waals surface area contributed by atoms with E-state index < -0.39 is 0 Å². The number of nitrogens with one attached hydrogen (secondary N) is 1. The summed E-state index contributed by atoms with van der Waals surface area (Å²) in [5, 5.41) is 3.17. The number of rotatable bonds is 5. The Kier molecular flexibility index (Phi) is 5.57. The van der Waals surface area contributed by atoms with Gasteiger partial charge in [0, 0.05) is 12.7 Å². The lowest BCUT2D eigenvalue weighted by atomic mass is 10.0. The van der Waals surface area contributed by atoms with Crippen LogP contribution in [0.5, 0.6) is 0 Å². The molecule has 0 bridgehead atoms. The van der Waals surface area contributed by atoms with E-state index >= 15 is 0 Å². The summed E-state index contributed by atoms with van der Waals surface area (Å²) in [5.41, 5.74) is 3.72. The third-order valence-corrected chi connectivity index (χ3v) is 5.04. The molecule has 0 aliphatic carbocycles. The lowest BCUT2D eigenvalue weighted by Crippen LogP contribution is -2.15. The maximum Gasteiger partial charge on any atom is 0.0786 e. The van der Waals surface area contributed by atoms with Crippen molar-refractivity contribution in [2.45, 2.75) is 25.1 Å². The largest absolute Gasteiger partial charge is 0.316 e. The Morgan fingerprint density at radius 3 is 2.29 bits per heavy atom. The molecule has 0 atom stereocenters. The van der Waals surface area contributed by atoms with Crippen LogP contribution in [0.4, 0.5) is 0 Å². The summed E-state index contributed by atoms with van der Waals surface area (Å²) < 4.78 is 0.908. The third kappa shape index (κ3) is 4.40. The predicted octanol–water partition coefficient (Wildman–Crippen LogP) is 5.00. The normalized spacial score (nSPS) is 11.4. The number of thioether (sulfide) groups is 1. The van der Waals surface area contributed by atoms with Gasteiger partial charge in [-0.25, -0.2) is 0 Å². The molecular weight excluding hydrogens is 294 g/mol. The first-order valence-electron chi connectivity index (χ1n) is 7.05. The van der Waals surface area contributed by atoms with Gasteiger partial charge in [-0.3, -0.25) is 0 Å². The molecular formula is C18H23NS2. The van der Waals surface area contributed by atoms with Crippen LogP contribution < -0.4 is 5.32 Å². The van der Waals surface area contributed by atoms with Crippen molar-refractivity contribution < 1.29 is 1.43 Å². The van der Waals surface area contributed by atoms with Crippen LogP contribution in [-0.2, 0) is 11.3 Å². The summed E-state index contributed by atoms with van der Waals surface area (Å²) in [7, 11) is 1.96. The van der Waals surface area contributed by atoms with Gasteiger partial charge in [-0.05, 0) is 37.6 Å². The van der Waals surface area contributed by atoms with Gasteiger partial charge in [0.2, 0.25) is 0 Å². The first kappa shape index (κ1) is 16.2. The number of thiocarbonyl (C=S) groups is 1. The Bertz CT molecular complexity index is 594. The average molecular weight is 318 g/mol. The Labute approximate surface area is 138 Å². The van der Waals surface area contributed by atoms with Gasteiger partial charge in [-0.15, -0.1) is 11.8 Å². The monoisotopic (exact) mass is 317 g/mol. The first-order valence-corrected chi connectivity index (χ1v) is 8.28. The number of hydrogen-bond donors (Lipinski definition) is 1. The van der Waals surface area contributed by atoms with E-state index in [1.54, 1.807) is 11.8 Å². The minimum atomic E-state index is -0.0366. The zero-order chi connectivity index (χ0) is 15.3. The zero-order valence-corrected chi connectivity index (χ0v) is 14.4. The molecule has 2 aromatic carbocycles. The minimum Gasteiger partial charge on any atom is -0.316 e. The van der Waals surface area contributed by atoms with E-state index in [2.05, 4.69) is 55.6 Å². The van der Waals surface area contributed by atoms with Crippen molar-refractivity contribution in [3.63, 3.8) is 0 Å². The molecule has 2 rings (SSSR count). The van der Waals surface area contributed by atoms with E-state index in [0.29, 0.717) is 0 Å². The summed E-state index contributed by atoms with van der Waals surface area (Å²) >= 11 is 7.33. The molecule has 0 saturated heterocycles. The third-order valence-electron chi connectivity index (χ3n) is 3.39. The molecule has 0 spiro atoms. The minimum absolute atomic E-state index is 0. The highest BCUT2D eigenvalue weighted by Gasteiger charge is 2.23. The van der Waals surface area contributed by atoms with Crippen molar-refractivity contribution in [2.24, 2.45) is 0 Å². The van der Waals surface area contributed by atoms with E-state index in [1.165, 1.54) is 11.1 Å². The topological polar surface area (TPSA) is 12.0 Å². The molecule has 3 heteroatoms. The molecule has 1 N–H and O–H groups in total. The van der Waals surface area contributed by atoms with Gasteiger partial charge in [0.1, 0.15) is 0 Å². The van der Waals surface area contributed by atoms with Crippen molar-refractivity contribution in [2.75, 3.05) is 7.05 Å². The van der Waals surface area contributed by atoms with Crippen LogP contribution in [0.1, 0.15) is 32.0 Å². The molecule has 2 aromatic rings. The number of hydrogen-bond acceptors (Lipinski definition) is 3. The van der Waals surface area contributed by atoms with E-state index in [0.717, 1.165) is 16.3 Å². The fourth-order valence-corrected chi connectivity index (χ4v) is 3.88. The van der Waals surface area contributed by atoms with Crippen molar-refractivity contribution in [1.82, 2.24) is 5.32 Å². The van der Waals surface area contributed by atoms with Gasteiger partial charge in [0.05, 0.1) is 4.20 Å². The molecule has 21 heavy (non-hydrogen) atoms. The van der Waals surface area contributed by atoms with Crippen LogP contribution in [0.25, 0.3) is 0 Å². The van der Waals surface area contributed by atoms with E-state index in [9.17, 15) is 0 Å². The molecule has 1 nitrogen and oxygen atoms in total. The second kappa shape index (κ2) is 7.21. The summed E-state index contributed by atoms with van der Waals surface area (Å²) in [4.78, 5) is 0. The first-order chi connectivity index (χ1) is 10.0. The molecule has 0 radical (unpaired) electrons.